The first-order valence-electron chi connectivity index (χ1n) is 15.9. The molecule has 3 fully saturated rings. The van der Waals surface area contributed by atoms with Gasteiger partial charge in [0.05, 0.1) is 35.5 Å². The van der Waals surface area contributed by atoms with E-state index in [-0.39, 0.29) is 30.2 Å². The van der Waals surface area contributed by atoms with Gasteiger partial charge in [-0.3, -0.25) is 28.7 Å². The van der Waals surface area contributed by atoms with Crippen molar-refractivity contribution in [3.05, 3.63) is 46.1 Å². The molecule has 0 bridgehead atoms. The second-order valence-electron chi connectivity index (χ2n) is 13.8. The summed E-state index contributed by atoms with van der Waals surface area (Å²) in [7, 11) is 0. The molecule has 7 rings (SSSR count). The number of piperidine rings is 2. The lowest BCUT2D eigenvalue weighted by Gasteiger charge is -2.33. The smallest absolute Gasteiger partial charge is 0.410 e. The van der Waals surface area contributed by atoms with E-state index in [9.17, 15) is 19.2 Å². The molecule has 0 spiro atoms. The van der Waals surface area contributed by atoms with E-state index in [1.165, 1.54) is 0 Å². The zero-order chi connectivity index (χ0) is 30.7. The number of anilines is 1. The lowest BCUT2D eigenvalue weighted by atomic mass is 9.92. The molecule has 234 valence electrons. The first kappa shape index (κ1) is 28.7. The van der Waals surface area contributed by atoms with Crippen LogP contribution in [0.5, 0.6) is 0 Å². The number of imide groups is 1. The van der Waals surface area contributed by atoms with Crippen molar-refractivity contribution in [2.75, 3.05) is 24.5 Å². The molecule has 3 amide bonds. The van der Waals surface area contributed by atoms with Crippen LogP contribution in [0.4, 0.5) is 10.5 Å². The molecule has 3 aromatic rings. The average molecular weight is 604 g/mol. The van der Waals surface area contributed by atoms with Crippen LogP contribution < -0.4 is 15.9 Å². The topological polar surface area (TPSA) is 124 Å². The number of hydrogen-bond donors (Lipinski definition) is 1. The molecule has 5 heterocycles. The highest BCUT2D eigenvalue weighted by Gasteiger charge is 2.35. The van der Waals surface area contributed by atoms with Crippen molar-refractivity contribution >= 4 is 34.6 Å². The molecule has 2 aromatic heterocycles. The lowest BCUT2D eigenvalue weighted by molar-refractivity contribution is -0.135. The van der Waals surface area contributed by atoms with Crippen molar-refractivity contribution in [2.24, 2.45) is 5.92 Å². The summed E-state index contributed by atoms with van der Waals surface area (Å²) in [5.41, 5.74) is 4.16. The van der Waals surface area contributed by atoms with Gasteiger partial charge >= 0.3 is 11.8 Å². The summed E-state index contributed by atoms with van der Waals surface area (Å²) in [4.78, 5) is 54.7. The Kier molecular flexibility index (Phi) is 7.05. The molecule has 2 saturated heterocycles. The summed E-state index contributed by atoms with van der Waals surface area (Å²) in [5, 5.41) is 7.26. The third-order valence-corrected chi connectivity index (χ3v) is 9.30. The van der Waals surface area contributed by atoms with Gasteiger partial charge in [-0.2, -0.15) is 5.10 Å². The molecule has 1 aliphatic carbocycles. The highest BCUT2D eigenvalue weighted by atomic mass is 16.6. The van der Waals surface area contributed by atoms with Gasteiger partial charge in [0.1, 0.15) is 11.6 Å². The van der Waals surface area contributed by atoms with Crippen LogP contribution in [0.3, 0.4) is 0 Å². The van der Waals surface area contributed by atoms with E-state index < -0.39 is 17.6 Å². The van der Waals surface area contributed by atoms with Crippen molar-refractivity contribution in [1.29, 1.82) is 0 Å². The number of hydrogen-bond acceptors (Lipinski definition) is 7. The molecular formula is C32H41N7O5. The number of rotatable bonds is 5. The predicted octanol–water partition coefficient (Wildman–Crippen LogP) is 3.52. The van der Waals surface area contributed by atoms with Gasteiger partial charge in [-0.15, -0.1) is 0 Å². The number of amides is 3. The third-order valence-electron chi connectivity index (χ3n) is 9.30. The number of aromatic nitrogens is 4. The van der Waals surface area contributed by atoms with Gasteiger partial charge in [0.15, 0.2) is 0 Å². The molecule has 1 aromatic carbocycles. The molecule has 1 atom stereocenters. The van der Waals surface area contributed by atoms with Crippen LogP contribution in [0, 0.1) is 5.92 Å². The molecule has 1 saturated carbocycles. The summed E-state index contributed by atoms with van der Waals surface area (Å²) >= 11 is 0. The fourth-order valence-electron chi connectivity index (χ4n) is 6.94. The van der Waals surface area contributed by atoms with E-state index in [1.807, 2.05) is 36.1 Å². The summed E-state index contributed by atoms with van der Waals surface area (Å²) in [5.74, 6) is -0.163. The van der Waals surface area contributed by atoms with Crippen LogP contribution in [0.25, 0.3) is 11.0 Å². The summed E-state index contributed by atoms with van der Waals surface area (Å²) in [6.45, 7) is 9.26. The number of ether oxygens (including phenoxy) is 1. The van der Waals surface area contributed by atoms with E-state index in [4.69, 9.17) is 9.84 Å². The number of benzene rings is 1. The third kappa shape index (κ3) is 5.50. The van der Waals surface area contributed by atoms with Gasteiger partial charge in [0.2, 0.25) is 11.8 Å². The minimum Gasteiger partial charge on any atom is -0.444 e. The van der Waals surface area contributed by atoms with Gasteiger partial charge in [-0.05, 0) is 89.5 Å². The first-order valence-corrected chi connectivity index (χ1v) is 15.9. The maximum Gasteiger partial charge on any atom is 0.410 e. The van der Waals surface area contributed by atoms with Crippen molar-refractivity contribution in [2.45, 2.75) is 96.5 Å². The van der Waals surface area contributed by atoms with Gasteiger partial charge in [-0.25, -0.2) is 9.59 Å². The Balaban J connectivity index is 1.02. The van der Waals surface area contributed by atoms with E-state index in [0.29, 0.717) is 32.0 Å². The summed E-state index contributed by atoms with van der Waals surface area (Å²) < 4.78 is 11.1. The second-order valence-corrected chi connectivity index (χ2v) is 13.8. The molecule has 4 aliphatic rings. The average Bonchev–Trinajstić information content (AvgIpc) is 3.65. The van der Waals surface area contributed by atoms with Crippen LogP contribution in [-0.2, 0) is 33.8 Å². The highest BCUT2D eigenvalue weighted by molar-refractivity contribution is 6.00. The lowest BCUT2D eigenvalue weighted by Crippen LogP contribution is -2.44. The predicted molar refractivity (Wildman–Crippen MR) is 163 cm³/mol. The fourth-order valence-corrected chi connectivity index (χ4v) is 6.94. The first-order chi connectivity index (χ1) is 21.0. The zero-order valence-electron chi connectivity index (χ0n) is 25.8. The number of carbonyl (C=O) groups is 3. The summed E-state index contributed by atoms with van der Waals surface area (Å²) in [6.07, 6.45) is 5.20. The van der Waals surface area contributed by atoms with Crippen molar-refractivity contribution in [1.82, 2.24) is 29.1 Å². The van der Waals surface area contributed by atoms with Crippen LogP contribution in [0.2, 0.25) is 0 Å². The number of imidazole rings is 1. The van der Waals surface area contributed by atoms with E-state index in [1.54, 1.807) is 9.47 Å². The Morgan fingerprint density at radius 1 is 0.955 bits per heavy atom. The largest absolute Gasteiger partial charge is 0.444 e. The molecule has 44 heavy (non-hydrogen) atoms. The van der Waals surface area contributed by atoms with Gasteiger partial charge in [-0.1, -0.05) is 0 Å². The maximum atomic E-state index is 13.6. The second kappa shape index (κ2) is 10.8. The molecular weight excluding hydrogens is 562 g/mol. The molecule has 1 N–H and O–H groups in total. The number of nitrogens with one attached hydrogen (secondary N) is 1. The minimum atomic E-state index is -0.668. The molecule has 12 heteroatoms. The molecule has 1 unspecified atom stereocenters. The van der Waals surface area contributed by atoms with Crippen molar-refractivity contribution in [3.63, 3.8) is 0 Å². The van der Waals surface area contributed by atoms with Crippen LogP contribution in [0.1, 0.15) is 82.8 Å². The van der Waals surface area contributed by atoms with Crippen LogP contribution in [-0.4, -0.2) is 67.0 Å². The molecule has 3 aliphatic heterocycles. The Hall–Kier alpha value is -4.09. The number of carbonyl (C=O) groups excluding carboxylic acids is 3. The van der Waals surface area contributed by atoms with Crippen molar-refractivity contribution < 1.29 is 19.1 Å². The molecule has 0 radical (unpaired) electrons. The Bertz CT molecular complexity index is 1680. The standard InChI is InChI=1S/C32H41N7O5/c1-32(2,3)44-31(43)36-14-15-37-24(19-36)17-21(34-37)16-20-10-12-35(13-11-20)23-6-7-25-27(18-23)38(22-4-5-22)30(42)39(25)26-8-9-28(40)33-29(26)41/h6-7,17-18,20,22,26H,4-5,8-16,19H2,1-3H3,(H,33,40,41). The van der Waals surface area contributed by atoms with E-state index in [2.05, 4.69) is 28.4 Å². The number of nitrogens with zero attached hydrogens (tertiary/aromatic N) is 6. The van der Waals surface area contributed by atoms with Crippen molar-refractivity contribution in [3.8, 4) is 0 Å². The van der Waals surface area contributed by atoms with Crippen LogP contribution in [0.15, 0.2) is 29.1 Å². The monoisotopic (exact) mass is 603 g/mol. The highest BCUT2D eigenvalue weighted by Crippen LogP contribution is 2.38. The quantitative estimate of drug-likeness (QED) is 0.443. The number of fused-ring (bicyclic) bond motifs is 2. The SMILES string of the molecule is CC(C)(C)OC(=O)N1CCn2nc(CC3CCN(c4ccc5c(c4)n(C4CC4)c(=O)n5C4CCC(=O)NC4=O)CC3)cc2C1. The Morgan fingerprint density at radius 2 is 1.73 bits per heavy atom. The maximum absolute atomic E-state index is 13.6. The van der Waals surface area contributed by atoms with Gasteiger partial charge < -0.3 is 14.5 Å². The van der Waals surface area contributed by atoms with Gasteiger partial charge in [0.25, 0.3) is 0 Å². The van der Waals surface area contributed by atoms with Crippen LogP contribution >= 0.6 is 0 Å². The van der Waals surface area contributed by atoms with Gasteiger partial charge in [0, 0.05) is 37.8 Å². The normalized spacial score (nSPS) is 21.5. The minimum absolute atomic E-state index is 0.162. The van der Waals surface area contributed by atoms with E-state index in [0.717, 1.165) is 73.3 Å². The zero-order valence-corrected chi connectivity index (χ0v) is 25.8. The Morgan fingerprint density at radius 3 is 2.43 bits per heavy atom. The fraction of sp³-hybridized carbons (Fsp3) is 0.594. The summed E-state index contributed by atoms with van der Waals surface area (Å²) in [6, 6.07) is 7.77. The van der Waals surface area contributed by atoms with E-state index >= 15 is 0 Å². The Labute approximate surface area is 255 Å². The molecule has 12 nitrogen and oxygen atoms in total.